The number of hydrogen-bond donors (Lipinski definition) is 1. The van der Waals surface area contributed by atoms with Gasteiger partial charge < -0.3 is 9.64 Å². The summed E-state index contributed by atoms with van der Waals surface area (Å²) >= 11 is 1.19. The number of amides is 2. The average molecular weight is 493 g/mol. The molecule has 0 atom stereocenters. The Hall–Kier alpha value is -3.39. The van der Waals surface area contributed by atoms with Gasteiger partial charge in [-0.2, -0.15) is 10.4 Å². The van der Waals surface area contributed by atoms with Crippen molar-refractivity contribution in [3.05, 3.63) is 65.2 Å². The Labute approximate surface area is 209 Å². The Kier molecular flexibility index (Phi) is 8.36. The van der Waals surface area contributed by atoms with Crippen molar-refractivity contribution in [1.82, 2.24) is 14.8 Å². The van der Waals surface area contributed by atoms with Gasteiger partial charge in [0.15, 0.2) is 0 Å². The van der Waals surface area contributed by atoms with Crippen LogP contribution in [0.15, 0.2) is 53.6 Å². The van der Waals surface area contributed by atoms with Gasteiger partial charge in [-0.1, -0.05) is 36.0 Å². The molecule has 1 saturated heterocycles. The number of piperazine rings is 1. The molecule has 0 unspecified atom stereocenters. The van der Waals surface area contributed by atoms with E-state index in [9.17, 15) is 9.59 Å². The number of thioether (sulfide) groups is 1. The normalized spacial score (nSPS) is 17.0. The zero-order chi connectivity index (χ0) is 24.6. The highest BCUT2D eigenvalue weighted by molar-refractivity contribution is 8.14. The summed E-state index contributed by atoms with van der Waals surface area (Å²) in [7, 11) is 2.11. The number of carbonyl (C=O) groups is 2. The molecule has 2 aliphatic rings. The van der Waals surface area contributed by atoms with E-state index >= 15 is 0 Å². The van der Waals surface area contributed by atoms with Crippen LogP contribution in [0.25, 0.3) is 0 Å². The molecule has 9 nitrogen and oxygen atoms in total. The molecule has 0 spiro atoms. The second-order valence-electron chi connectivity index (χ2n) is 8.45. The molecule has 0 radical (unpaired) electrons. The lowest BCUT2D eigenvalue weighted by Gasteiger charge is -2.31. The van der Waals surface area contributed by atoms with E-state index < -0.39 is 6.09 Å². The second-order valence-corrected chi connectivity index (χ2v) is 9.38. The van der Waals surface area contributed by atoms with Gasteiger partial charge in [0, 0.05) is 44.2 Å². The molecule has 1 fully saturated rings. The maximum atomic E-state index is 12.4. The smallest absolute Gasteiger partial charge is 0.411 e. The number of nitrogens with zero attached hydrogens (tertiary/aromatic N) is 5. The lowest BCUT2D eigenvalue weighted by molar-refractivity contribution is 0.111. The minimum atomic E-state index is -0.498. The van der Waals surface area contributed by atoms with E-state index in [1.807, 2.05) is 30.3 Å². The van der Waals surface area contributed by atoms with Gasteiger partial charge in [0.1, 0.15) is 6.61 Å². The molecule has 182 valence electrons. The number of hydrazone groups is 1. The Balaban J connectivity index is 1.31. The third kappa shape index (κ3) is 7.05. The summed E-state index contributed by atoms with van der Waals surface area (Å²) in [5, 5.41) is 17.6. The van der Waals surface area contributed by atoms with Crippen molar-refractivity contribution < 1.29 is 14.3 Å². The summed E-state index contributed by atoms with van der Waals surface area (Å²) < 4.78 is 5.35. The highest BCUT2D eigenvalue weighted by atomic mass is 32.2. The fourth-order valence-corrected chi connectivity index (χ4v) is 4.55. The van der Waals surface area contributed by atoms with Gasteiger partial charge in [0.05, 0.1) is 23.9 Å². The predicted molar refractivity (Wildman–Crippen MR) is 136 cm³/mol. The van der Waals surface area contributed by atoms with Gasteiger partial charge in [-0.15, -0.1) is 0 Å². The van der Waals surface area contributed by atoms with E-state index in [1.165, 1.54) is 16.8 Å². The summed E-state index contributed by atoms with van der Waals surface area (Å²) in [6, 6.07) is 16.6. The first-order valence-corrected chi connectivity index (χ1v) is 12.4. The Bertz CT molecular complexity index is 1120. The lowest BCUT2D eigenvalue weighted by atomic mass is 10.1. The molecule has 4 rings (SSSR count). The monoisotopic (exact) mass is 492 g/mol. The topological polar surface area (TPSA) is 101 Å². The molecule has 2 aromatic carbocycles. The van der Waals surface area contributed by atoms with Gasteiger partial charge in [-0.05, 0) is 42.4 Å². The number of ether oxygens (including phenoxy) is 1. The van der Waals surface area contributed by atoms with E-state index in [1.54, 1.807) is 18.2 Å². The minimum Gasteiger partial charge on any atom is -0.448 e. The van der Waals surface area contributed by atoms with Crippen molar-refractivity contribution >= 4 is 34.5 Å². The number of nitriles is 1. The van der Waals surface area contributed by atoms with Crippen LogP contribution in [0.5, 0.6) is 0 Å². The van der Waals surface area contributed by atoms with Crippen molar-refractivity contribution in [3.8, 4) is 6.07 Å². The summed E-state index contributed by atoms with van der Waals surface area (Å²) in [5.74, 6) is 0.475. The Morgan fingerprint density at radius 1 is 1.17 bits per heavy atom. The Morgan fingerprint density at radius 3 is 2.69 bits per heavy atom. The largest absolute Gasteiger partial charge is 0.448 e. The Morgan fingerprint density at radius 2 is 1.94 bits per heavy atom. The van der Waals surface area contributed by atoms with Gasteiger partial charge in [-0.3, -0.25) is 15.0 Å². The van der Waals surface area contributed by atoms with Crippen LogP contribution in [0.1, 0.15) is 16.7 Å². The van der Waals surface area contributed by atoms with E-state index in [4.69, 9.17) is 10.00 Å². The predicted octanol–water partition coefficient (Wildman–Crippen LogP) is 3.43. The van der Waals surface area contributed by atoms with Crippen LogP contribution in [-0.2, 0) is 11.3 Å². The van der Waals surface area contributed by atoms with Crippen LogP contribution in [0.4, 0.5) is 15.3 Å². The first-order chi connectivity index (χ1) is 17.0. The fourth-order valence-electron chi connectivity index (χ4n) is 3.81. The van der Waals surface area contributed by atoms with E-state index in [-0.39, 0.29) is 11.8 Å². The molecule has 35 heavy (non-hydrogen) atoms. The number of carbonyl (C=O) groups excluding carboxylic acids is 2. The fraction of sp³-hybridized carbons (Fsp3) is 0.360. The van der Waals surface area contributed by atoms with Crippen molar-refractivity contribution in [3.63, 3.8) is 0 Å². The zero-order valence-electron chi connectivity index (χ0n) is 19.6. The van der Waals surface area contributed by atoms with Gasteiger partial charge in [0.2, 0.25) is 0 Å². The number of nitrogens with one attached hydrogen (secondary N) is 1. The maximum Gasteiger partial charge on any atom is 0.411 e. The van der Waals surface area contributed by atoms with Crippen LogP contribution < -0.4 is 5.32 Å². The molecular formula is C25H28N6O3S. The summed E-state index contributed by atoms with van der Waals surface area (Å²) in [6.07, 6.45) is -0.498. The number of rotatable bonds is 7. The van der Waals surface area contributed by atoms with Crippen molar-refractivity contribution in [1.29, 1.82) is 5.26 Å². The first kappa shape index (κ1) is 24.7. The molecular weight excluding hydrogens is 464 g/mol. The zero-order valence-corrected chi connectivity index (χ0v) is 20.5. The SMILES string of the molecule is CN1CCN(CCOC(=O)Nc2cccc(CN3N=C(c4ccc(C#N)cc4)CSC3=O)c2)CC1. The third-order valence-electron chi connectivity index (χ3n) is 5.87. The first-order valence-electron chi connectivity index (χ1n) is 11.5. The minimum absolute atomic E-state index is 0.135. The second kappa shape index (κ2) is 11.8. The van der Waals surface area contributed by atoms with Crippen LogP contribution in [0.2, 0.25) is 0 Å². The van der Waals surface area contributed by atoms with Crippen LogP contribution >= 0.6 is 11.8 Å². The summed E-state index contributed by atoms with van der Waals surface area (Å²) in [5.41, 5.74) is 3.66. The molecule has 0 aliphatic carbocycles. The van der Waals surface area contributed by atoms with E-state index in [2.05, 4.69) is 33.3 Å². The number of hydrogen-bond acceptors (Lipinski definition) is 8. The lowest BCUT2D eigenvalue weighted by Crippen LogP contribution is -2.45. The maximum absolute atomic E-state index is 12.4. The molecule has 2 heterocycles. The molecule has 2 aliphatic heterocycles. The van der Waals surface area contributed by atoms with Crippen LogP contribution in [0, 0.1) is 11.3 Å². The number of likely N-dealkylation sites (N-methyl/N-ethyl adjacent to an activating group) is 1. The van der Waals surface area contributed by atoms with Gasteiger partial charge in [-0.25, -0.2) is 9.80 Å². The molecule has 2 aromatic rings. The molecule has 2 amide bonds. The van der Waals surface area contributed by atoms with Crippen LogP contribution in [-0.4, -0.2) is 84.0 Å². The molecule has 0 saturated carbocycles. The highest BCUT2D eigenvalue weighted by Gasteiger charge is 2.22. The van der Waals surface area contributed by atoms with Crippen molar-refractivity contribution in [2.45, 2.75) is 6.54 Å². The quantitative estimate of drug-likeness (QED) is 0.632. The number of benzene rings is 2. The standard InChI is InChI=1S/C25H28N6O3S/c1-29-9-11-30(12-10-29)13-14-34-24(32)27-22-4-2-3-20(15-22)17-31-25(33)35-18-23(28-31)21-7-5-19(16-26)6-8-21/h2-8,15H,9-14,17-18H2,1H3,(H,27,32). The molecule has 1 N–H and O–H groups in total. The highest BCUT2D eigenvalue weighted by Crippen LogP contribution is 2.23. The third-order valence-corrected chi connectivity index (χ3v) is 6.75. The average Bonchev–Trinajstić information content (AvgIpc) is 2.87. The van der Waals surface area contributed by atoms with Gasteiger partial charge in [0.25, 0.3) is 0 Å². The molecule has 0 aromatic heterocycles. The summed E-state index contributed by atoms with van der Waals surface area (Å²) in [4.78, 5) is 29.3. The summed E-state index contributed by atoms with van der Waals surface area (Å²) in [6.45, 7) is 5.33. The molecule has 10 heteroatoms. The van der Waals surface area contributed by atoms with Gasteiger partial charge >= 0.3 is 11.3 Å². The van der Waals surface area contributed by atoms with Crippen molar-refractivity contribution in [2.75, 3.05) is 57.4 Å². The van der Waals surface area contributed by atoms with E-state index in [0.29, 0.717) is 23.6 Å². The van der Waals surface area contributed by atoms with Crippen LogP contribution in [0.3, 0.4) is 0 Å². The number of anilines is 1. The van der Waals surface area contributed by atoms with Crippen molar-refractivity contribution in [2.24, 2.45) is 5.10 Å². The van der Waals surface area contributed by atoms with E-state index in [0.717, 1.165) is 49.6 Å². The molecule has 0 bridgehead atoms.